The number of rotatable bonds is 6. The maximum atomic E-state index is 12.3. The minimum atomic E-state index is -3.47. The smallest absolute Gasteiger partial charge is 0.253 e. The van der Waals surface area contributed by atoms with E-state index in [1.807, 2.05) is 0 Å². The van der Waals surface area contributed by atoms with E-state index >= 15 is 0 Å². The van der Waals surface area contributed by atoms with Crippen molar-refractivity contribution in [2.24, 2.45) is 5.73 Å². The fourth-order valence-electron chi connectivity index (χ4n) is 2.76. The van der Waals surface area contributed by atoms with Gasteiger partial charge in [-0.25, -0.2) is 13.1 Å². The first-order valence-corrected chi connectivity index (χ1v) is 10.0. The Balaban J connectivity index is 0.00000338. The SMILES string of the molecule is CC(C)(C)NS(=O)(=O)Cc1cccc(NC(=O)[C@@H]2CC[C@H](CN)O2)c1.Cl. The van der Waals surface area contributed by atoms with Gasteiger partial charge in [0.2, 0.25) is 10.0 Å². The first kappa shape index (κ1) is 22.9. The van der Waals surface area contributed by atoms with Crippen molar-refractivity contribution in [3.8, 4) is 0 Å². The summed E-state index contributed by atoms with van der Waals surface area (Å²) >= 11 is 0. The van der Waals surface area contributed by atoms with E-state index in [0.29, 0.717) is 24.2 Å². The zero-order valence-corrected chi connectivity index (χ0v) is 17.0. The molecule has 0 aromatic heterocycles. The second-order valence-corrected chi connectivity index (χ2v) is 9.08. The van der Waals surface area contributed by atoms with Crippen LogP contribution < -0.4 is 15.8 Å². The van der Waals surface area contributed by atoms with E-state index in [4.69, 9.17) is 10.5 Å². The molecule has 0 aliphatic carbocycles. The highest BCUT2D eigenvalue weighted by molar-refractivity contribution is 7.88. The van der Waals surface area contributed by atoms with Crippen molar-refractivity contribution in [2.75, 3.05) is 11.9 Å². The molecule has 4 N–H and O–H groups in total. The Bertz CT molecular complexity index is 719. The molecule has 9 heteroatoms. The quantitative estimate of drug-likeness (QED) is 0.668. The van der Waals surface area contributed by atoms with Crippen LogP contribution in [0.3, 0.4) is 0 Å². The lowest BCUT2D eigenvalue weighted by Crippen LogP contribution is -2.41. The van der Waals surface area contributed by atoms with Crippen molar-refractivity contribution < 1.29 is 17.9 Å². The summed E-state index contributed by atoms with van der Waals surface area (Å²) in [4.78, 5) is 12.3. The van der Waals surface area contributed by atoms with Gasteiger partial charge >= 0.3 is 0 Å². The standard InChI is InChI=1S/C17H27N3O4S.ClH/c1-17(2,3)20-25(22,23)11-12-5-4-6-13(9-12)19-16(21)15-8-7-14(10-18)24-15;/h4-6,9,14-15,20H,7-8,10-11,18H2,1-3H3,(H,19,21);1H/t14-,15+;/m1./s1. The molecule has 26 heavy (non-hydrogen) atoms. The van der Waals surface area contributed by atoms with E-state index in [0.717, 1.165) is 6.42 Å². The van der Waals surface area contributed by atoms with Crippen LogP contribution in [0, 0.1) is 0 Å². The average molecular weight is 406 g/mol. The summed E-state index contributed by atoms with van der Waals surface area (Å²) < 4.78 is 32.6. The number of halogens is 1. The molecule has 1 fully saturated rings. The van der Waals surface area contributed by atoms with Gasteiger partial charge in [0.1, 0.15) is 6.10 Å². The van der Waals surface area contributed by atoms with E-state index in [1.54, 1.807) is 45.0 Å². The molecule has 0 radical (unpaired) electrons. The Morgan fingerprint density at radius 2 is 2.00 bits per heavy atom. The van der Waals surface area contributed by atoms with Crippen LogP contribution >= 0.6 is 12.4 Å². The largest absolute Gasteiger partial charge is 0.364 e. The molecule has 7 nitrogen and oxygen atoms in total. The number of carbonyl (C=O) groups excluding carboxylic acids is 1. The molecule has 0 bridgehead atoms. The minimum Gasteiger partial charge on any atom is -0.364 e. The minimum absolute atomic E-state index is 0. The van der Waals surface area contributed by atoms with Gasteiger partial charge in [-0.3, -0.25) is 4.79 Å². The van der Waals surface area contributed by atoms with Crippen molar-refractivity contribution in [2.45, 2.75) is 57.1 Å². The predicted molar refractivity (Wildman–Crippen MR) is 105 cm³/mol. The van der Waals surface area contributed by atoms with Crippen LogP contribution in [0.5, 0.6) is 0 Å². The van der Waals surface area contributed by atoms with Crippen molar-refractivity contribution in [1.29, 1.82) is 0 Å². The number of benzene rings is 1. The molecule has 1 aliphatic heterocycles. The lowest BCUT2D eigenvalue weighted by atomic mass is 10.1. The molecule has 1 heterocycles. The Morgan fingerprint density at radius 1 is 1.31 bits per heavy atom. The van der Waals surface area contributed by atoms with Gasteiger partial charge < -0.3 is 15.8 Å². The number of carbonyl (C=O) groups is 1. The molecule has 0 spiro atoms. The van der Waals surface area contributed by atoms with Gasteiger partial charge in [0.25, 0.3) is 5.91 Å². The van der Waals surface area contributed by atoms with Crippen molar-refractivity contribution >= 4 is 34.0 Å². The van der Waals surface area contributed by atoms with Crippen molar-refractivity contribution in [3.63, 3.8) is 0 Å². The number of hydrogen-bond donors (Lipinski definition) is 3. The molecule has 148 valence electrons. The maximum Gasteiger partial charge on any atom is 0.253 e. The van der Waals surface area contributed by atoms with Gasteiger partial charge in [-0.2, -0.15) is 0 Å². The summed E-state index contributed by atoms with van der Waals surface area (Å²) in [7, 11) is -3.47. The molecule has 2 atom stereocenters. The number of anilines is 1. The Hall–Kier alpha value is -1.19. The van der Waals surface area contributed by atoms with E-state index < -0.39 is 21.7 Å². The highest BCUT2D eigenvalue weighted by Gasteiger charge is 2.30. The average Bonchev–Trinajstić information content (AvgIpc) is 2.93. The van der Waals surface area contributed by atoms with Gasteiger partial charge in [-0.15, -0.1) is 12.4 Å². The summed E-state index contributed by atoms with van der Waals surface area (Å²) in [6.07, 6.45) is 0.821. The Labute approximate surface area is 161 Å². The lowest BCUT2D eigenvalue weighted by molar-refractivity contribution is -0.126. The third-order valence-corrected chi connectivity index (χ3v) is 5.31. The fraction of sp³-hybridized carbons (Fsp3) is 0.588. The van der Waals surface area contributed by atoms with Crippen LogP contribution in [0.2, 0.25) is 0 Å². The topological polar surface area (TPSA) is 111 Å². The molecular weight excluding hydrogens is 378 g/mol. The van der Waals surface area contributed by atoms with Crippen LogP contribution in [0.25, 0.3) is 0 Å². The predicted octanol–water partition coefficient (Wildman–Crippen LogP) is 1.77. The van der Waals surface area contributed by atoms with Crippen LogP contribution in [0.15, 0.2) is 24.3 Å². The summed E-state index contributed by atoms with van der Waals surface area (Å²) in [5.74, 6) is -0.382. The van der Waals surface area contributed by atoms with Gasteiger partial charge in [-0.1, -0.05) is 12.1 Å². The van der Waals surface area contributed by atoms with E-state index in [2.05, 4.69) is 10.0 Å². The molecule has 2 rings (SSSR count). The summed E-state index contributed by atoms with van der Waals surface area (Å²) in [5, 5.41) is 2.78. The summed E-state index contributed by atoms with van der Waals surface area (Å²) in [6.45, 7) is 5.77. The first-order valence-electron chi connectivity index (χ1n) is 8.35. The lowest BCUT2D eigenvalue weighted by Gasteiger charge is -2.20. The zero-order valence-electron chi connectivity index (χ0n) is 15.3. The number of hydrogen-bond acceptors (Lipinski definition) is 5. The Morgan fingerprint density at radius 3 is 2.58 bits per heavy atom. The summed E-state index contributed by atoms with van der Waals surface area (Å²) in [5.41, 5.74) is 6.16. The van der Waals surface area contributed by atoms with E-state index in [1.165, 1.54) is 0 Å². The fourth-order valence-corrected chi connectivity index (χ4v) is 4.38. The molecule has 1 aliphatic rings. The number of amides is 1. The number of nitrogens with one attached hydrogen (secondary N) is 2. The molecule has 0 saturated carbocycles. The van der Waals surface area contributed by atoms with Crippen LogP contribution in [-0.2, 0) is 25.3 Å². The second kappa shape index (κ2) is 9.14. The van der Waals surface area contributed by atoms with Crippen LogP contribution in [0.1, 0.15) is 39.2 Å². The van der Waals surface area contributed by atoms with Gasteiger partial charge in [0.05, 0.1) is 11.9 Å². The number of ether oxygens (including phenoxy) is 1. The van der Waals surface area contributed by atoms with E-state index in [-0.39, 0.29) is 30.2 Å². The normalized spacial score (nSPS) is 20.5. The number of nitrogens with two attached hydrogens (primary N) is 1. The van der Waals surface area contributed by atoms with Gasteiger partial charge in [0.15, 0.2) is 0 Å². The maximum absolute atomic E-state index is 12.3. The highest BCUT2D eigenvalue weighted by Crippen LogP contribution is 2.21. The Kier molecular flexibility index (Phi) is 8.04. The van der Waals surface area contributed by atoms with Gasteiger partial charge in [0, 0.05) is 17.8 Å². The second-order valence-electron chi connectivity index (χ2n) is 7.36. The molecule has 0 unspecified atom stereocenters. The van der Waals surface area contributed by atoms with Crippen LogP contribution in [-0.4, -0.2) is 38.6 Å². The van der Waals surface area contributed by atoms with Crippen molar-refractivity contribution in [1.82, 2.24) is 4.72 Å². The first-order chi connectivity index (χ1) is 11.6. The zero-order chi connectivity index (χ0) is 18.7. The van der Waals surface area contributed by atoms with Gasteiger partial charge in [-0.05, 0) is 51.3 Å². The highest BCUT2D eigenvalue weighted by atomic mass is 35.5. The molecule has 1 aromatic carbocycles. The molecular formula is C17H28ClN3O4S. The van der Waals surface area contributed by atoms with E-state index in [9.17, 15) is 13.2 Å². The van der Waals surface area contributed by atoms with Crippen LogP contribution in [0.4, 0.5) is 5.69 Å². The van der Waals surface area contributed by atoms with Crippen molar-refractivity contribution in [3.05, 3.63) is 29.8 Å². The number of sulfonamides is 1. The molecule has 1 amide bonds. The summed E-state index contributed by atoms with van der Waals surface area (Å²) in [6, 6.07) is 6.82. The molecule has 1 saturated heterocycles. The third kappa shape index (κ3) is 7.20. The third-order valence-electron chi connectivity index (χ3n) is 3.68. The molecule has 1 aromatic rings. The monoisotopic (exact) mass is 405 g/mol.